The normalized spacial score (nSPS) is 21.8. The van der Waals surface area contributed by atoms with Crippen molar-refractivity contribution in [2.75, 3.05) is 0 Å². The van der Waals surface area contributed by atoms with Gasteiger partial charge in [0.25, 0.3) is 0 Å². The van der Waals surface area contributed by atoms with Crippen LogP contribution in [0.1, 0.15) is 55.4 Å². The standard InChI is InChI=1S/C13H22N2S/c1-2-3-6-12(15-14)10-5-4-7-13-11(10)8-9-16-13/h8-10,12,15H,2-7,14H2,1H3. The molecule has 1 aromatic heterocycles. The molecule has 0 spiro atoms. The first kappa shape index (κ1) is 12.1. The van der Waals surface area contributed by atoms with Gasteiger partial charge in [-0.25, -0.2) is 0 Å². The number of fused-ring (bicyclic) bond motifs is 1. The molecular formula is C13H22N2S. The molecule has 0 saturated heterocycles. The summed E-state index contributed by atoms with van der Waals surface area (Å²) in [6.07, 6.45) is 7.61. The van der Waals surface area contributed by atoms with Crippen molar-refractivity contribution in [2.24, 2.45) is 5.84 Å². The Balaban J connectivity index is 2.09. The van der Waals surface area contributed by atoms with Gasteiger partial charge >= 0.3 is 0 Å². The number of rotatable bonds is 5. The largest absolute Gasteiger partial charge is 0.271 e. The zero-order valence-electron chi connectivity index (χ0n) is 10.0. The molecule has 0 bridgehead atoms. The number of nitrogens with two attached hydrogens (primary N) is 1. The summed E-state index contributed by atoms with van der Waals surface area (Å²) >= 11 is 1.91. The Morgan fingerprint density at radius 2 is 2.50 bits per heavy atom. The fourth-order valence-electron chi connectivity index (χ4n) is 2.76. The zero-order valence-corrected chi connectivity index (χ0v) is 10.9. The van der Waals surface area contributed by atoms with Gasteiger partial charge in [-0.05, 0) is 42.7 Å². The summed E-state index contributed by atoms with van der Waals surface area (Å²) in [5.74, 6) is 6.37. The third-order valence-corrected chi connectivity index (χ3v) is 4.66. The van der Waals surface area contributed by atoms with Gasteiger partial charge in [0.15, 0.2) is 0 Å². The molecule has 2 atom stereocenters. The summed E-state index contributed by atoms with van der Waals surface area (Å²) in [7, 11) is 0. The molecule has 0 amide bonds. The van der Waals surface area contributed by atoms with Crippen LogP contribution in [0, 0.1) is 0 Å². The van der Waals surface area contributed by atoms with E-state index in [2.05, 4.69) is 23.8 Å². The minimum absolute atomic E-state index is 0.466. The summed E-state index contributed by atoms with van der Waals surface area (Å²) in [6, 6.07) is 2.77. The summed E-state index contributed by atoms with van der Waals surface area (Å²) in [5, 5.41) is 2.23. The van der Waals surface area contributed by atoms with Crippen molar-refractivity contribution in [2.45, 2.75) is 57.4 Å². The molecule has 2 unspecified atom stereocenters. The van der Waals surface area contributed by atoms with E-state index in [1.54, 1.807) is 10.4 Å². The summed E-state index contributed by atoms with van der Waals surface area (Å²) in [5.41, 5.74) is 4.61. The number of hydrogen-bond donors (Lipinski definition) is 2. The topological polar surface area (TPSA) is 38.0 Å². The van der Waals surface area contributed by atoms with E-state index < -0.39 is 0 Å². The molecule has 16 heavy (non-hydrogen) atoms. The Hall–Kier alpha value is -0.380. The van der Waals surface area contributed by atoms with Crippen molar-refractivity contribution in [1.82, 2.24) is 5.43 Å². The van der Waals surface area contributed by atoms with E-state index in [4.69, 9.17) is 5.84 Å². The Morgan fingerprint density at radius 3 is 3.25 bits per heavy atom. The highest BCUT2D eigenvalue weighted by Crippen LogP contribution is 2.37. The van der Waals surface area contributed by atoms with Gasteiger partial charge in [-0.2, -0.15) is 0 Å². The molecule has 1 aromatic rings. The van der Waals surface area contributed by atoms with Crippen molar-refractivity contribution >= 4 is 11.3 Å². The van der Waals surface area contributed by atoms with Crippen LogP contribution < -0.4 is 11.3 Å². The maximum absolute atomic E-state index is 5.72. The summed E-state index contributed by atoms with van der Waals surface area (Å²) in [4.78, 5) is 1.59. The van der Waals surface area contributed by atoms with Crippen molar-refractivity contribution < 1.29 is 0 Å². The van der Waals surface area contributed by atoms with E-state index >= 15 is 0 Å². The average Bonchev–Trinajstić information content (AvgIpc) is 2.78. The minimum Gasteiger partial charge on any atom is -0.271 e. The van der Waals surface area contributed by atoms with Crippen LogP contribution in [0.2, 0.25) is 0 Å². The Kier molecular flexibility index (Phi) is 4.38. The van der Waals surface area contributed by atoms with E-state index in [9.17, 15) is 0 Å². The number of thiophene rings is 1. The van der Waals surface area contributed by atoms with E-state index in [0.717, 1.165) is 0 Å². The number of hydrogen-bond acceptors (Lipinski definition) is 3. The monoisotopic (exact) mass is 238 g/mol. The SMILES string of the molecule is CCCCC(NN)C1CCCc2sccc21. The molecule has 0 saturated carbocycles. The predicted octanol–water partition coefficient (Wildman–Crippen LogP) is 3.19. The molecule has 3 heteroatoms. The third kappa shape index (κ3) is 2.47. The minimum atomic E-state index is 0.466. The van der Waals surface area contributed by atoms with Crippen LogP contribution >= 0.6 is 11.3 Å². The summed E-state index contributed by atoms with van der Waals surface area (Å²) < 4.78 is 0. The maximum Gasteiger partial charge on any atom is 0.0279 e. The number of nitrogens with one attached hydrogen (secondary N) is 1. The second-order valence-electron chi connectivity index (χ2n) is 4.71. The molecule has 1 heterocycles. The van der Waals surface area contributed by atoms with Gasteiger partial charge in [-0.3, -0.25) is 11.3 Å². The highest BCUT2D eigenvalue weighted by atomic mass is 32.1. The molecule has 2 rings (SSSR count). The lowest BCUT2D eigenvalue weighted by Gasteiger charge is -2.30. The highest BCUT2D eigenvalue weighted by Gasteiger charge is 2.27. The van der Waals surface area contributed by atoms with Crippen LogP contribution in [0.25, 0.3) is 0 Å². The van der Waals surface area contributed by atoms with E-state index in [1.165, 1.54) is 38.5 Å². The van der Waals surface area contributed by atoms with Gasteiger partial charge in [0.05, 0.1) is 0 Å². The Bertz CT molecular complexity index is 321. The van der Waals surface area contributed by atoms with Gasteiger partial charge in [0.2, 0.25) is 0 Å². The molecule has 1 aliphatic rings. The van der Waals surface area contributed by atoms with Crippen LogP contribution in [0.4, 0.5) is 0 Å². The molecule has 0 radical (unpaired) electrons. The van der Waals surface area contributed by atoms with Gasteiger partial charge in [0.1, 0.15) is 0 Å². The molecule has 3 N–H and O–H groups in total. The van der Waals surface area contributed by atoms with Crippen LogP contribution in [0.5, 0.6) is 0 Å². The average molecular weight is 238 g/mol. The number of unbranched alkanes of at least 4 members (excludes halogenated alkanes) is 1. The fraction of sp³-hybridized carbons (Fsp3) is 0.692. The van der Waals surface area contributed by atoms with Crippen LogP contribution in [-0.2, 0) is 6.42 Å². The van der Waals surface area contributed by atoms with Crippen LogP contribution in [0.15, 0.2) is 11.4 Å². The molecule has 0 aromatic carbocycles. The molecular weight excluding hydrogens is 216 g/mol. The van der Waals surface area contributed by atoms with Crippen molar-refractivity contribution in [3.05, 3.63) is 21.9 Å². The maximum atomic E-state index is 5.72. The lowest BCUT2D eigenvalue weighted by Crippen LogP contribution is -2.40. The van der Waals surface area contributed by atoms with Crippen molar-refractivity contribution in [3.63, 3.8) is 0 Å². The Labute approximate surface area is 102 Å². The molecule has 0 fully saturated rings. The quantitative estimate of drug-likeness (QED) is 0.611. The first-order chi connectivity index (χ1) is 7.86. The second-order valence-corrected chi connectivity index (χ2v) is 5.71. The lowest BCUT2D eigenvalue weighted by molar-refractivity contribution is 0.372. The highest BCUT2D eigenvalue weighted by molar-refractivity contribution is 7.10. The lowest BCUT2D eigenvalue weighted by atomic mass is 9.81. The van der Waals surface area contributed by atoms with Crippen molar-refractivity contribution in [1.29, 1.82) is 0 Å². The summed E-state index contributed by atoms with van der Waals surface area (Å²) in [6.45, 7) is 2.24. The smallest absolute Gasteiger partial charge is 0.0279 e. The van der Waals surface area contributed by atoms with Gasteiger partial charge in [0, 0.05) is 16.8 Å². The fourth-order valence-corrected chi connectivity index (χ4v) is 3.76. The van der Waals surface area contributed by atoms with E-state index in [0.29, 0.717) is 12.0 Å². The van der Waals surface area contributed by atoms with Gasteiger partial charge in [-0.1, -0.05) is 19.8 Å². The predicted molar refractivity (Wildman–Crippen MR) is 70.6 cm³/mol. The zero-order chi connectivity index (χ0) is 11.4. The van der Waals surface area contributed by atoms with Crippen LogP contribution in [-0.4, -0.2) is 6.04 Å². The van der Waals surface area contributed by atoms with E-state index in [1.807, 2.05) is 11.3 Å². The first-order valence-electron chi connectivity index (χ1n) is 6.39. The van der Waals surface area contributed by atoms with Gasteiger partial charge in [-0.15, -0.1) is 11.3 Å². The van der Waals surface area contributed by atoms with Gasteiger partial charge < -0.3 is 0 Å². The molecule has 0 aliphatic heterocycles. The first-order valence-corrected chi connectivity index (χ1v) is 7.27. The molecule has 90 valence electrons. The van der Waals surface area contributed by atoms with E-state index in [-0.39, 0.29) is 0 Å². The molecule has 1 aliphatic carbocycles. The second kappa shape index (κ2) is 5.80. The third-order valence-electron chi connectivity index (χ3n) is 3.67. The van der Waals surface area contributed by atoms with Crippen LogP contribution in [0.3, 0.4) is 0 Å². The molecule has 2 nitrogen and oxygen atoms in total. The Morgan fingerprint density at radius 1 is 1.62 bits per heavy atom. The number of aryl methyl sites for hydroxylation is 1. The van der Waals surface area contributed by atoms with Crippen molar-refractivity contribution in [3.8, 4) is 0 Å². The number of hydrazine groups is 1.